The largest absolute Gasteiger partial charge is 0.474 e. The number of alkyl halides is 4. The maximum absolute atomic E-state index is 14.1. The summed E-state index contributed by atoms with van der Waals surface area (Å²) in [4.78, 5) is 15.2. The molecule has 168 valence electrons. The molecule has 0 N–H and O–H groups in total. The molecule has 0 bridgehead atoms. The molecule has 31 heavy (non-hydrogen) atoms. The summed E-state index contributed by atoms with van der Waals surface area (Å²) in [6, 6.07) is 7.17. The molecule has 5 nitrogen and oxygen atoms in total. The van der Waals surface area contributed by atoms with E-state index >= 15 is 0 Å². The molecule has 0 radical (unpaired) electrons. The second-order valence-electron chi connectivity index (χ2n) is 6.48. The molecular weight excluding hydrogens is 463 g/mol. The smallest absolute Gasteiger partial charge is 0.428 e. The predicted molar refractivity (Wildman–Crippen MR) is 110 cm³/mol. The van der Waals surface area contributed by atoms with Gasteiger partial charge in [0, 0.05) is 12.7 Å². The second-order valence-corrected chi connectivity index (χ2v) is 7.58. The lowest BCUT2D eigenvalue weighted by Gasteiger charge is -2.20. The minimum Gasteiger partial charge on any atom is -0.474 e. The average molecular weight is 481 g/mol. The van der Waals surface area contributed by atoms with Crippen LogP contribution >= 0.6 is 23.2 Å². The number of urea groups is 1. The molecule has 11 heteroatoms. The third-order valence-corrected chi connectivity index (χ3v) is 4.25. The fourth-order valence-electron chi connectivity index (χ4n) is 2.28. The first-order valence-corrected chi connectivity index (χ1v) is 9.72. The SMILES string of the molecule is CC(C)O/C(=N\C(=O)N(C)c1ccc(OC(F)(F)C(Cl)Cl)cc1)c1c(F)cccc1F. The fraction of sp³-hybridized carbons (Fsp3) is 0.300. The van der Waals surface area contributed by atoms with E-state index < -0.39 is 46.2 Å². The van der Waals surface area contributed by atoms with Crippen molar-refractivity contribution in [1.82, 2.24) is 0 Å². The van der Waals surface area contributed by atoms with Crippen molar-refractivity contribution < 1.29 is 31.8 Å². The van der Waals surface area contributed by atoms with E-state index in [9.17, 15) is 22.4 Å². The number of anilines is 1. The molecule has 0 heterocycles. The molecule has 0 aromatic heterocycles. The number of amides is 2. The van der Waals surface area contributed by atoms with Gasteiger partial charge in [0.15, 0.2) is 0 Å². The number of hydrogen-bond donors (Lipinski definition) is 0. The summed E-state index contributed by atoms with van der Waals surface area (Å²) in [7, 11) is 1.33. The molecule has 2 rings (SSSR count). The van der Waals surface area contributed by atoms with Crippen molar-refractivity contribution in [3.05, 3.63) is 59.7 Å². The van der Waals surface area contributed by atoms with Gasteiger partial charge in [-0.05, 0) is 50.2 Å². The summed E-state index contributed by atoms with van der Waals surface area (Å²) in [5.41, 5.74) is -0.351. The Kier molecular flexibility index (Phi) is 8.14. The summed E-state index contributed by atoms with van der Waals surface area (Å²) in [5.74, 6) is -2.68. The van der Waals surface area contributed by atoms with Gasteiger partial charge in [-0.25, -0.2) is 13.6 Å². The highest BCUT2D eigenvalue weighted by Gasteiger charge is 2.40. The van der Waals surface area contributed by atoms with Gasteiger partial charge in [-0.1, -0.05) is 29.3 Å². The van der Waals surface area contributed by atoms with Crippen LogP contribution in [0.15, 0.2) is 47.5 Å². The number of ether oxygens (including phenoxy) is 2. The zero-order chi connectivity index (χ0) is 23.3. The summed E-state index contributed by atoms with van der Waals surface area (Å²) in [6.07, 6.45) is -4.34. The zero-order valence-electron chi connectivity index (χ0n) is 16.6. The van der Waals surface area contributed by atoms with Gasteiger partial charge < -0.3 is 9.47 Å². The zero-order valence-corrected chi connectivity index (χ0v) is 18.1. The highest BCUT2D eigenvalue weighted by Crippen LogP contribution is 2.31. The monoisotopic (exact) mass is 480 g/mol. The van der Waals surface area contributed by atoms with Crippen LogP contribution < -0.4 is 9.64 Å². The van der Waals surface area contributed by atoms with Crippen molar-refractivity contribution in [2.75, 3.05) is 11.9 Å². The van der Waals surface area contributed by atoms with Crippen molar-refractivity contribution in [2.24, 2.45) is 4.99 Å². The van der Waals surface area contributed by atoms with Crippen LogP contribution in [0.5, 0.6) is 5.75 Å². The number of rotatable bonds is 6. The van der Waals surface area contributed by atoms with Crippen molar-refractivity contribution >= 4 is 40.8 Å². The summed E-state index contributed by atoms with van der Waals surface area (Å²) < 4.78 is 64.9. The number of carbonyl (C=O) groups excluding carboxylic acids is 1. The Labute approximate surface area is 186 Å². The van der Waals surface area contributed by atoms with Gasteiger partial charge in [-0.2, -0.15) is 13.8 Å². The van der Waals surface area contributed by atoms with Crippen molar-refractivity contribution in [3.8, 4) is 5.75 Å². The molecule has 0 aliphatic heterocycles. The van der Waals surface area contributed by atoms with Gasteiger partial charge in [0.1, 0.15) is 22.9 Å². The molecule has 2 aromatic rings. The molecule has 0 aliphatic rings. The van der Waals surface area contributed by atoms with Gasteiger partial charge in [0.25, 0.3) is 0 Å². The molecule has 0 spiro atoms. The van der Waals surface area contributed by atoms with Gasteiger partial charge in [0.05, 0.1) is 6.10 Å². The predicted octanol–water partition coefficient (Wildman–Crippen LogP) is 6.17. The molecule has 0 atom stereocenters. The minimum absolute atomic E-state index is 0.232. The van der Waals surface area contributed by atoms with Gasteiger partial charge >= 0.3 is 12.1 Å². The highest BCUT2D eigenvalue weighted by atomic mass is 35.5. The lowest BCUT2D eigenvalue weighted by molar-refractivity contribution is -0.163. The van der Waals surface area contributed by atoms with Crippen LogP contribution in [0.25, 0.3) is 0 Å². The van der Waals surface area contributed by atoms with Gasteiger partial charge in [0.2, 0.25) is 10.7 Å². The fourth-order valence-corrected chi connectivity index (χ4v) is 2.37. The normalized spacial score (nSPS) is 12.3. The molecule has 2 aromatic carbocycles. The topological polar surface area (TPSA) is 51.1 Å². The Balaban J connectivity index is 2.28. The second kappa shape index (κ2) is 10.2. The Hall–Kier alpha value is -2.52. The number of aliphatic imine (C=N–C) groups is 1. The number of benzene rings is 2. The standard InChI is InChI=1S/C20H18Cl2F4N2O3/c1-11(2)30-17(16-14(23)5-4-6-15(16)24)27-19(29)28(3)12-7-9-13(10-8-12)31-20(25,26)18(21)22/h4-11,18H,1-3H3/b27-17-. The van der Waals surface area contributed by atoms with E-state index in [4.69, 9.17) is 27.9 Å². The third-order valence-electron chi connectivity index (χ3n) is 3.74. The van der Waals surface area contributed by atoms with Crippen LogP contribution in [-0.4, -0.2) is 36.0 Å². The van der Waals surface area contributed by atoms with Gasteiger partial charge in [-0.15, -0.1) is 0 Å². The lowest BCUT2D eigenvalue weighted by atomic mass is 10.2. The molecule has 0 unspecified atom stereocenters. The number of hydrogen-bond acceptors (Lipinski definition) is 3. The molecular formula is C20H18Cl2F4N2O3. The van der Waals surface area contributed by atoms with Crippen LogP contribution in [0.2, 0.25) is 0 Å². The Morgan fingerprint density at radius 2 is 1.61 bits per heavy atom. The van der Waals surface area contributed by atoms with Crippen LogP contribution in [0.1, 0.15) is 19.4 Å². The van der Waals surface area contributed by atoms with E-state index in [0.717, 1.165) is 29.2 Å². The molecule has 0 fully saturated rings. The highest BCUT2D eigenvalue weighted by molar-refractivity contribution is 6.44. The van der Waals surface area contributed by atoms with E-state index in [-0.39, 0.29) is 11.4 Å². The minimum atomic E-state index is -3.82. The molecule has 0 aliphatic carbocycles. The number of halogens is 6. The number of nitrogens with zero attached hydrogens (tertiary/aromatic N) is 2. The first kappa shape index (κ1) is 24.7. The van der Waals surface area contributed by atoms with E-state index in [1.807, 2.05) is 0 Å². The van der Waals surface area contributed by atoms with E-state index in [2.05, 4.69) is 9.73 Å². The van der Waals surface area contributed by atoms with E-state index in [1.165, 1.54) is 25.2 Å². The third kappa shape index (κ3) is 6.48. The van der Waals surface area contributed by atoms with E-state index in [0.29, 0.717) is 0 Å². The summed E-state index contributed by atoms with van der Waals surface area (Å²) in [6.45, 7) is 3.20. The van der Waals surface area contributed by atoms with Gasteiger partial charge in [-0.3, -0.25) is 4.90 Å². The maximum Gasteiger partial charge on any atom is 0.428 e. The Bertz CT molecular complexity index is 934. The molecule has 0 saturated heterocycles. The van der Waals surface area contributed by atoms with Crippen molar-refractivity contribution in [2.45, 2.75) is 30.9 Å². The van der Waals surface area contributed by atoms with Crippen LogP contribution in [0.3, 0.4) is 0 Å². The maximum atomic E-state index is 14.1. The Morgan fingerprint density at radius 1 is 1.06 bits per heavy atom. The van der Waals surface area contributed by atoms with Crippen molar-refractivity contribution in [3.63, 3.8) is 0 Å². The number of carbonyl (C=O) groups is 1. The first-order chi connectivity index (χ1) is 14.4. The summed E-state index contributed by atoms with van der Waals surface area (Å²) in [5, 5.41) is 0. The Morgan fingerprint density at radius 3 is 2.10 bits per heavy atom. The van der Waals surface area contributed by atoms with Crippen LogP contribution in [-0.2, 0) is 4.74 Å². The first-order valence-electron chi connectivity index (χ1n) is 8.84. The quantitative estimate of drug-likeness (QED) is 0.215. The van der Waals surface area contributed by atoms with E-state index in [1.54, 1.807) is 13.8 Å². The molecule has 2 amide bonds. The van der Waals surface area contributed by atoms with Crippen molar-refractivity contribution in [1.29, 1.82) is 0 Å². The van der Waals surface area contributed by atoms with Crippen LogP contribution in [0.4, 0.5) is 28.0 Å². The summed E-state index contributed by atoms with van der Waals surface area (Å²) >= 11 is 10.3. The molecule has 0 saturated carbocycles. The van der Waals surface area contributed by atoms with Crippen LogP contribution in [0, 0.1) is 11.6 Å². The lowest BCUT2D eigenvalue weighted by Crippen LogP contribution is -2.32. The average Bonchev–Trinajstić information content (AvgIpc) is 2.67.